The van der Waals surface area contributed by atoms with Crippen LogP contribution in [0.3, 0.4) is 0 Å². The van der Waals surface area contributed by atoms with Crippen LogP contribution >= 0.6 is 27.3 Å². The zero-order chi connectivity index (χ0) is 9.14. The molecular weight excluding hydrogens is 240 g/mol. The molecule has 1 unspecified atom stereocenters. The second-order valence-electron chi connectivity index (χ2n) is 2.31. The smallest absolute Gasteiger partial charge is 0.193 e. The number of Topliss-reactive ketones (excluding diaryl/α,β-unsaturated/α-hetero) is 2. The molecule has 1 aromatic rings. The number of ketones is 2. The predicted octanol–water partition coefficient (Wildman–Crippen LogP) is 2.28. The van der Waals surface area contributed by atoms with Crippen LogP contribution in [0.5, 0.6) is 0 Å². The van der Waals surface area contributed by atoms with Crippen LogP contribution in [0.1, 0.15) is 16.6 Å². The van der Waals surface area contributed by atoms with Crippen LogP contribution in [0.15, 0.2) is 17.5 Å². The van der Waals surface area contributed by atoms with Crippen LogP contribution in [0.4, 0.5) is 0 Å². The lowest BCUT2D eigenvalue weighted by atomic mass is 10.2. The van der Waals surface area contributed by atoms with E-state index >= 15 is 0 Å². The number of hydrogen-bond donors (Lipinski definition) is 0. The molecule has 0 fully saturated rings. The van der Waals surface area contributed by atoms with E-state index in [1.54, 1.807) is 12.1 Å². The van der Waals surface area contributed by atoms with E-state index in [2.05, 4.69) is 15.9 Å². The molecule has 1 aromatic heterocycles. The summed E-state index contributed by atoms with van der Waals surface area (Å²) < 4.78 is 0. The van der Waals surface area contributed by atoms with E-state index in [4.69, 9.17) is 0 Å². The predicted molar refractivity (Wildman–Crippen MR) is 52.0 cm³/mol. The fourth-order valence-electron chi connectivity index (χ4n) is 0.728. The highest BCUT2D eigenvalue weighted by atomic mass is 79.9. The summed E-state index contributed by atoms with van der Waals surface area (Å²) in [4.78, 5) is 22.1. The molecule has 1 atom stereocenters. The third kappa shape index (κ3) is 2.01. The summed E-state index contributed by atoms with van der Waals surface area (Å²) in [5.74, 6) is -0.314. The minimum atomic E-state index is -0.684. The fourth-order valence-corrected chi connectivity index (χ4v) is 1.82. The quantitative estimate of drug-likeness (QED) is 0.466. The van der Waals surface area contributed by atoms with Crippen LogP contribution in [0.25, 0.3) is 0 Å². The Bertz CT molecular complexity index is 292. The van der Waals surface area contributed by atoms with Crippen molar-refractivity contribution in [1.82, 2.24) is 0 Å². The van der Waals surface area contributed by atoms with Gasteiger partial charge in [0.25, 0.3) is 0 Å². The van der Waals surface area contributed by atoms with Gasteiger partial charge in [-0.15, -0.1) is 11.3 Å². The summed E-state index contributed by atoms with van der Waals surface area (Å²) >= 11 is 4.38. The summed E-state index contributed by atoms with van der Waals surface area (Å²) in [6, 6.07) is 3.50. The number of rotatable bonds is 3. The molecule has 0 radical (unpaired) electrons. The van der Waals surface area contributed by atoms with E-state index in [1.807, 2.05) is 5.38 Å². The largest absolute Gasteiger partial charge is 0.298 e. The lowest BCUT2D eigenvalue weighted by Crippen LogP contribution is -2.20. The standard InChI is InChI=1S/C8H7BrO2S/c1-5(10)7(9)8(11)6-3-2-4-12-6/h2-4,7H,1H3. The van der Waals surface area contributed by atoms with E-state index in [-0.39, 0.29) is 11.6 Å². The molecule has 64 valence electrons. The van der Waals surface area contributed by atoms with Crippen molar-refractivity contribution in [2.24, 2.45) is 0 Å². The normalized spacial score (nSPS) is 12.5. The molecule has 0 spiro atoms. The van der Waals surface area contributed by atoms with Crippen LogP contribution in [0, 0.1) is 0 Å². The zero-order valence-electron chi connectivity index (χ0n) is 6.41. The molecule has 1 rings (SSSR count). The van der Waals surface area contributed by atoms with Crippen molar-refractivity contribution in [2.45, 2.75) is 11.8 Å². The van der Waals surface area contributed by atoms with Gasteiger partial charge in [0.15, 0.2) is 11.6 Å². The Hall–Kier alpha value is -0.480. The first-order valence-electron chi connectivity index (χ1n) is 3.35. The maximum absolute atomic E-state index is 11.4. The number of alkyl halides is 1. The second-order valence-corrected chi connectivity index (χ2v) is 4.18. The molecule has 0 aliphatic heterocycles. The average molecular weight is 247 g/mol. The Morgan fingerprint density at radius 2 is 2.25 bits per heavy atom. The number of halogens is 1. The van der Waals surface area contributed by atoms with Crippen LogP contribution in [-0.4, -0.2) is 16.4 Å². The van der Waals surface area contributed by atoms with Gasteiger partial charge in [-0.2, -0.15) is 0 Å². The lowest BCUT2D eigenvalue weighted by molar-refractivity contribution is -0.115. The molecular formula is C8H7BrO2S. The van der Waals surface area contributed by atoms with E-state index in [1.165, 1.54) is 18.3 Å². The van der Waals surface area contributed by atoms with E-state index in [9.17, 15) is 9.59 Å². The van der Waals surface area contributed by atoms with Gasteiger partial charge in [0.2, 0.25) is 0 Å². The Morgan fingerprint density at radius 1 is 1.58 bits per heavy atom. The van der Waals surface area contributed by atoms with Crippen molar-refractivity contribution in [2.75, 3.05) is 0 Å². The van der Waals surface area contributed by atoms with Crippen LogP contribution < -0.4 is 0 Å². The van der Waals surface area contributed by atoms with Crippen molar-refractivity contribution >= 4 is 38.8 Å². The second kappa shape index (κ2) is 3.96. The van der Waals surface area contributed by atoms with Gasteiger partial charge in [-0.3, -0.25) is 9.59 Å². The average Bonchev–Trinajstić information content (AvgIpc) is 2.53. The van der Waals surface area contributed by atoms with Crippen molar-refractivity contribution < 1.29 is 9.59 Å². The highest BCUT2D eigenvalue weighted by Crippen LogP contribution is 2.15. The Balaban J connectivity index is 2.79. The third-order valence-corrected chi connectivity index (χ3v) is 3.30. The first-order chi connectivity index (χ1) is 5.63. The molecule has 0 amide bonds. The monoisotopic (exact) mass is 246 g/mol. The van der Waals surface area contributed by atoms with Gasteiger partial charge in [-0.1, -0.05) is 22.0 Å². The number of thiophene rings is 1. The molecule has 2 nitrogen and oxygen atoms in total. The van der Waals surface area contributed by atoms with Crippen LogP contribution in [-0.2, 0) is 4.79 Å². The van der Waals surface area contributed by atoms with Crippen molar-refractivity contribution in [1.29, 1.82) is 0 Å². The molecule has 0 N–H and O–H groups in total. The van der Waals surface area contributed by atoms with Gasteiger partial charge in [-0.25, -0.2) is 0 Å². The molecule has 4 heteroatoms. The maximum atomic E-state index is 11.4. The molecule has 0 aliphatic rings. The highest BCUT2D eigenvalue weighted by molar-refractivity contribution is 9.10. The Morgan fingerprint density at radius 3 is 2.67 bits per heavy atom. The SMILES string of the molecule is CC(=O)C(Br)C(=O)c1cccs1. The first kappa shape index (κ1) is 9.61. The van der Waals surface area contributed by atoms with Gasteiger partial charge in [0.05, 0.1) is 4.88 Å². The molecule has 0 saturated heterocycles. The summed E-state index contributed by atoms with van der Waals surface area (Å²) in [6.07, 6.45) is 0. The van der Waals surface area contributed by atoms with Crippen molar-refractivity contribution in [3.8, 4) is 0 Å². The maximum Gasteiger partial charge on any atom is 0.193 e. The molecule has 0 aromatic carbocycles. The number of hydrogen-bond acceptors (Lipinski definition) is 3. The van der Waals surface area contributed by atoms with Crippen molar-refractivity contribution in [3.05, 3.63) is 22.4 Å². The topological polar surface area (TPSA) is 34.1 Å². The molecule has 0 saturated carbocycles. The van der Waals surface area contributed by atoms with Gasteiger partial charge in [0, 0.05) is 0 Å². The summed E-state index contributed by atoms with van der Waals surface area (Å²) in [5.41, 5.74) is 0. The summed E-state index contributed by atoms with van der Waals surface area (Å²) in [6.45, 7) is 1.39. The number of carbonyl (C=O) groups is 2. The van der Waals surface area contributed by atoms with Gasteiger partial charge in [-0.05, 0) is 18.4 Å². The first-order valence-corrected chi connectivity index (χ1v) is 5.14. The molecule has 1 heterocycles. The molecule has 12 heavy (non-hydrogen) atoms. The van der Waals surface area contributed by atoms with Crippen molar-refractivity contribution in [3.63, 3.8) is 0 Å². The minimum absolute atomic E-state index is 0.155. The van der Waals surface area contributed by atoms with E-state index < -0.39 is 4.83 Å². The molecule has 0 aliphatic carbocycles. The fraction of sp³-hybridized carbons (Fsp3) is 0.250. The number of carbonyl (C=O) groups excluding carboxylic acids is 2. The van der Waals surface area contributed by atoms with Gasteiger partial charge in [0.1, 0.15) is 4.83 Å². The Labute approximate surface area is 82.7 Å². The summed E-state index contributed by atoms with van der Waals surface area (Å²) in [5, 5.41) is 1.81. The van der Waals surface area contributed by atoms with E-state index in [0.717, 1.165) is 0 Å². The van der Waals surface area contributed by atoms with Gasteiger partial charge < -0.3 is 0 Å². The zero-order valence-corrected chi connectivity index (χ0v) is 8.81. The lowest BCUT2D eigenvalue weighted by Gasteiger charge is -2.00. The molecule has 0 bridgehead atoms. The summed E-state index contributed by atoms with van der Waals surface area (Å²) in [7, 11) is 0. The van der Waals surface area contributed by atoms with Gasteiger partial charge >= 0.3 is 0 Å². The Kier molecular flexibility index (Phi) is 3.17. The minimum Gasteiger partial charge on any atom is -0.298 e. The van der Waals surface area contributed by atoms with E-state index in [0.29, 0.717) is 4.88 Å². The third-order valence-electron chi connectivity index (χ3n) is 1.35. The highest BCUT2D eigenvalue weighted by Gasteiger charge is 2.21. The van der Waals surface area contributed by atoms with Crippen LogP contribution in [0.2, 0.25) is 0 Å².